The molecule has 0 bridgehead atoms. The van der Waals surface area contributed by atoms with E-state index in [2.05, 4.69) is 18.2 Å². The molecular weight excluding hydrogens is 188 g/mol. The van der Waals surface area contributed by atoms with Crippen molar-refractivity contribution in [3.63, 3.8) is 0 Å². The van der Waals surface area contributed by atoms with Gasteiger partial charge in [0.05, 0.1) is 0 Å². The molecule has 0 aliphatic heterocycles. The predicted molar refractivity (Wildman–Crippen MR) is 57.5 cm³/mol. The van der Waals surface area contributed by atoms with E-state index >= 15 is 0 Å². The van der Waals surface area contributed by atoms with Gasteiger partial charge in [0.25, 0.3) is 6.47 Å². The molecule has 0 radical (unpaired) electrons. The molecule has 2 nitrogen and oxygen atoms in total. The monoisotopic (exact) mass is 198 g/mol. The number of benzene rings is 2. The molecule has 1 aliphatic rings. The largest absolute Gasteiger partial charge is 0.459 e. The van der Waals surface area contributed by atoms with Crippen LogP contribution in [0.4, 0.5) is 0 Å². The van der Waals surface area contributed by atoms with Crippen molar-refractivity contribution in [1.82, 2.24) is 0 Å². The third-order valence-electron chi connectivity index (χ3n) is 3.00. The molecule has 0 saturated heterocycles. The average molecular weight is 198 g/mol. The molecular formula is C13H10O2. The maximum atomic E-state index is 10.4. The fourth-order valence-electron chi connectivity index (χ4n) is 2.39. The van der Waals surface area contributed by atoms with E-state index < -0.39 is 0 Å². The number of rotatable bonds is 2. The molecule has 3 rings (SSSR count). The molecule has 0 saturated carbocycles. The molecule has 0 N–H and O–H groups in total. The van der Waals surface area contributed by atoms with E-state index in [4.69, 9.17) is 4.74 Å². The molecule has 0 amide bonds. The van der Waals surface area contributed by atoms with Crippen molar-refractivity contribution in [3.8, 4) is 0 Å². The van der Waals surface area contributed by atoms with Gasteiger partial charge in [0.1, 0.15) is 6.10 Å². The molecule has 2 aromatic carbocycles. The molecule has 2 heteroatoms. The molecule has 2 aromatic rings. The van der Waals surface area contributed by atoms with Gasteiger partial charge < -0.3 is 4.74 Å². The number of hydrogen-bond acceptors (Lipinski definition) is 2. The molecule has 0 spiro atoms. The highest BCUT2D eigenvalue weighted by Gasteiger charge is 2.24. The van der Waals surface area contributed by atoms with Crippen LogP contribution in [0.5, 0.6) is 0 Å². The van der Waals surface area contributed by atoms with Gasteiger partial charge in [-0.25, -0.2) is 0 Å². The first-order chi connectivity index (χ1) is 7.40. The van der Waals surface area contributed by atoms with Gasteiger partial charge >= 0.3 is 0 Å². The summed E-state index contributed by atoms with van der Waals surface area (Å²) in [6, 6.07) is 12.4. The van der Waals surface area contributed by atoms with Crippen LogP contribution in [0.3, 0.4) is 0 Å². The van der Waals surface area contributed by atoms with E-state index in [0.717, 1.165) is 12.0 Å². The maximum Gasteiger partial charge on any atom is 0.293 e. The van der Waals surface area contributed by atoms with Gasteiger partial charge in [0.15, 0.2) is 0 Å². The fourth-order valence-corrected chi connectivity index (χ4v) is 2.39. The van der Waals surface area contributed by atoms with Gasteiger partial charge in [0, 0.05) is 12.0 Å². The Bertz CT molecular complexity index is 526. The summed E-state index contributed by atoms with van der Waals surface area (Å²) in [5.74, 6) is 0. The lowest BCUT2D eigenvalue weighted by atomic mass is 10.1. The van der Waals surface area contributed by atoms with Crippen LogP contribution in [-0.4, -0.2) is 6.47 Å². The zero-order chi connectivity index (χ0) is 10.3. The van der Waals surface area contributed by atoms with Crippen LogP contribution < -0.4 is 0 Å². The summed E-state index contributed by atoms with van der Waals surface area (Å²) in [5, 5.41) is 2.48. The second-order valence-corrected chi connectivity index (χ2v) is 3.79. The molecule has 0 aromatic heterocycles. The first-order valence-corrected chi connectivity index (χ1v) is 5.00. The van der Waals surface area contributed by atoms with Gasteiger partial charge in [-0.1, -0.05) is 36.4 Å². The van der Waals surface area contributed by atoms with Crippen molar-refractivity contribution in [3.05, 3.63) is 47.5 Å². The van der Waals surface area contributed by atoms with Crippen LogP contribution in [0, 0.1) is 0 Å². The number of carbonyl (C=O) groups is 1. The fraction of sp³-hybridized carbons (Fsp3) is 0.154. The van der Waals surface area contributed by atoms with E-state index in [1.165, 1.54) is 16.3 Å². The van der Waals surface area contributed by atoms with Gasteiger partial charge in [-0.3, -0.25) is 4.79 Å². The van der Waals surface area contributed by atoms with Crippen LogP contribution >= 0.6 is 0 Å². The highest BCUT2D eigenvalue weighted by atomic mass is 16.5. The molecule has 1 atom stereocenters. The minimum absolute atomic E-state index is 0.0939. The van der Waals surface area contributed by atoms with Gasteiger partial charge in [-0.2, -0.15) is 0 Å². The smallest absolute Gasteiger partial charge is 0.293 e. The summed E-state index contributed by atoms with van der Waals surface area (Å²) in [5.41, 5.74) is 2.41. The van der Waals surface area contributed by atoms with Gasteiger partial charge in [0.2, 0.25) is 0 Å². The maximum absolute atomic E-state index is 10.4. The predicted octanol–water partition coefficient (Wildman–Crippen LogP) is 2.61. The molecule has 0 heterocycles. The Morgan fingerprint density at radius 3 is 2.80 bits per heavy atom. The third kappa shape index (κ3) is 1.14. The Hall–Kier alpha value is -1.83. The summed E-state index contributed by atoms with van der Waals surface area (Å²) in [4.78, 5) is 10.4. The Kier molecular flexibility index (Phi) is 1.75. The molecule has 0 fully saturated rings. The Morgan fingerprint density at radius 1 is 1.20 bits per heavy atom. The van der Waals surface area contributed by atoms with Crippen molar-refractivity contribution in [2.45, 2.75) is 12.5 Å². The topological polar surface area (TPSA) is 26.3 Å². The zero-order valence-corrected chi connectivity index (χ0v) is 8.14. The Balaban J connectivity index is 2.26. The van der Waals surface area contributed by atoms with Crippen LogP contribution in [0.15, 0.2) is 36.4 Å². The number of hydrogen-bond donors (Lipinski definition) is 0. The molecule has 1 unspecified atom stereocenters. The molecule has 1 aliphatic carbocycles. The summed E-state index contributed by atoms with van der Waals surface area (Å²) in [6.45, 7) is 0.537. The quantitative estimate of drug-likeness (QED) is 0.693. The SMILES string of the molecule is O=COC1Cc2cccc3cccc1c23. The highest BCUT2D eigenvalue weighted by Crippen LogP contribution is 2.38. The van der Waals surface area contributed by atoms with E-state index in [9.17, 15) is 4.79 Å². The second kappa shape index (κ2) is 3.09. The standard InChI is InChI=1S/C13H10O2/c14-8-15-12-7-10-5-1-3-9-4-2-6-11(12)13(9)10/h1-6,8,12H,7H2. The van der Waals surface area contributed by atoms with Gasteiger partial charge in [-0.05, 0) is 16.3 Å². The van der Waals surface area contributed by atoms with E-state index in [-0.39, 0.29) is 6.10 Å². The van der Waals surface area contributed by atoms with Crippen LogP contribution in [0.1, 0.15) is 17.2 Å². The lowest BCUT2D eigenvalue weighted by Crippen LogP contribution is -2.00. The van der Waals surface area contributed by atoms with Gasteiger partial charge in [-0.15, -0.1) is 0 Å². The van der Waals surface area contributed by atoms with Crippen molar-refractivity contribution in [2.24, 2.45) is 0 Å². The normalized spacial score (nSPS) is 18.0. The Morgan fingerprint density at radius 2 is 2.00 bits per heavy atom. The van der Waals surface area contributed by atoms with Crippen LogP contribution in [-0.2, 0) is 16.0 Å². The first-order valence-electron chi connectivity index (χ1n) is 5.00. The van der Waals surface area contributed by atoms with E-state index in [1.54, 1.807) is 0 Å². The lowest BCUT2D eigenvalue weighted by molar-refractivity contribution is -0.133. The summed E-state index contributed by atoms with van der Waals surface area (Å²) < 4.78 is 5.09. The van der Waals surface area contributed by atoms with E-state index in [1.807, 2.05) is 18.2 Å². The summed E-state index contributed by atoms with van der Waals surface area (Å²) in [7, 11) is 0. The van der Waals surface area contributed by atoms with Crippen molar-refractivity contribution in [2.75, 3.05) is 0 Å². The average Bonchev–Trinajstić information content (AvgIpc) is 2.61. The summed E-state index contributed by atoms with van der Waals surface area (Å²) in [6.07, 6.45) is 0.707. The van der Waals surface area contributed by atoms with E-state index in [0.29, 0.717) is 6.47 Å². The number of carbonyl (C=O) groups excluding carboxylic acids is 1. The summed E-state index contributed by atoms with van der Waals surface area (Å²) >= 11 is 0. The lowest BCUT2D eigenvalue weighted by Gasteiger charge is -2.08. The zero-order valence-electron chi connectivity index (χ0n) is 8.14. The highest BCUT2D eigenvalue weighted by molar-refractivity contribution is 5.91. The second-order valence-electron chi connectivity index (χ2n) is 3.79. The van der Waals surface area contributed by atoms with Crippen molar-refractivity contribution in [1.29, 1.82) is 0 Å². The third-order valence-corrected chi connectivity index (χ3v) is 3.00. The number of ether oxygens (including phenoxy) is 1. The van der Waals surface area contributed by atoms with Crippen molar-refractivity contribution >= 4 is 17.2 Å². The molecule has 74 valence electrons. The Labute approximate surface area is 87.5 Å². The minimum atomic E-state index is -0.0939. The molecule has 15 heavy (non-hydrogen) atoms. The van der Waals surface area contributed by atoms with Crippen LogP contribution in [0.25, 0.3) is 10.8 Å². The first kappa shape index (κ1) is 8.48. The minimum Gasteiger partial charge on any atom is -0.459 e. The van der Waals surface area contributed by atoms with Crippen molar-refractivity contribution < 1.29 is 9.53 Å². The van der Waals surface area contributed by atoms with Crippen LogP contribution in [0.2, 0.25) is 0 Å².